The maximum Gasteiger partial charge on any atom is 0.332 e. The van der Waals surface area contributed by atoms with Crippen LogP contribution in [0.4, 0.5) is 0 Å². The molecule has 0 aliphatic heterocycles. The van der Waals surface area contributed by atoms with Crippen molar-refractivity contribution in [3.63, 3.8) is 0 Å². The van der Waals surface area contributed by atoms with E-state index in [1.54, 1.807) is 7.05 Å². The van der Waals surface area contributed by atoms with Gasteiger partial charge in [0.15, 0.2) is 0 Å². The van der Waals surface area contributed by atoms with Crippen molar-refractivity contribution in [2.45, 2.75) is 38.6 Å². The van der Waals surface area contributed by atoms with E-state index in [1.807, 2.05) is 6.92 Å². The topological polar surface area (TPSA) is 86.0 Å². The smallest absolute Gasteiger partial charge is 0.332 e. The second-order valence-electron chi connectivity index (χ2n) is 7.73. The van der Waals surface area contributed by atoms with Crippen molar-refractivity contribution in [1.29, 1.82) is 0 Å². The van der Waals surface area contributed by atoms with Crippen LogP contribution in [0.1, 0.15) is 52.9 Å². The third-order valence-electron chi connectivity index (χ3n) is 5.78. The highest BCUT2D eigenvalue weighted by Crippen LogP contribution is 2.25. The van der Waals surface area contributed by atoms with Crippen LogP contribution >= 0.6 is 0 Å². The molecule has 2 heterocycles. The summed E-state index contributed by atoms with van der Waals surface area (Å²) < 4.78 is 2.32. The zero-order chi connectivity index (χ0) is 20.7. The molecule has 0 fully saturated rings. The number of carbonyl (C=O) groups excluding carboxylic acids is 1. The minimum absolute atomic E-state index is 0.173. The Morgan fingerprint density at radius 1 is 1.07 bits per heavy atom. The van der Waals surface area contributed by atoms with Gasteiger partial charge in [-0.05, 0) is 55.4 Å². The molecule has 0 saturated carbocycles. The highest BCUT2D eigenvalue weighted by atomic mass is 16.2. The molecule has 1 aliphatic carbocycles. The zero-order valence-corrected chi connectivity index (χ0v) is 16.9. The highest BCUT2D eigenvalue weighted by Gasteiger charge is 2.17. The van der Waals surface area contributed by atoms with Crippen molar-refractivity contribution in [2.24, 2.45) is 14.1 Å². The van der Waals surface area contributed by atoms with Gasteiger partial charge in [-0.25, -0.2) is 9.78 Å². The molecule has 0 spiro atoms. The van der Waals surface area contributed by atoms with Crippen molar-refractivity contribution in [2.75, 3.05) is 0 Å². The Labute approximate surface area is 168 Å². The molecular weight excluding hydrogens is 368 g/mol. The third-order valence-corrected chi connectivity index (χ3v) is 5.78. The Bertz CT molecular complexity index is 1240. The second-order valence-corrected chi connectivity index (χ2v) is 7.73. The summed E-state index contributed by atoms with van der Waals surface area (Å²) in [6, 6.07) is 7.74. The van der Waals surface area contributed by atoms with Crippen LogP contribution in [-0.4, -0.2) is 20.0 Å². The number of nitrogens with one attached hydrogen (secondary N) is 1. The fourth-order valence-corrected chi connectivity index (χ4v) is 3.98. The van der Waals surface area contributed by atoms with Crippen molar-refractivity contribution in [1.82, 2.24) is 19.4 Å². The molecule has 150 valence electrons. The first-order chi connectivity index (χ1) is 13.9. The van der Waals surface area contributed by atoms with Crippen LogP contribution < -0.4 is 16.6 Å². The van der Waals surface area contributed by atoms with E-state index in [0.717, 1.165) is 23.0 Å². The van der Waals surface area contributed by atoms with Gasteiger partial charge in [0.1, 0.15) is 5.65 Å². The molecule has 2 aromatic heterocycles. The summed E-state index contributed by atoms with van der Waals surface area (Å²) in [4.78, 5) is 41.4. The van der Waals surface area contributed by atoms with Gasteiger partial charge in [-0.1, -0.05) is 18.2 Å². The monoisotopic (exact) mass is 392 g/mol. The SMILES string of the molecule is CC(NC(=O)c1cnc2c(c1)c(=O)n(C)c(=O)n2C)c1ccc2c(c1)CCCC2. The number of pyridine rings is 1. The summed E-state index contributed by atoms with van der Waals surface area (Å²) in [6.07, 6.45) is 6.04. The van der Waals surface area contributed by atoms with Gasteiger partial charge in [-0.2, -0.15) is 0 Å². The lowest BCUT2D eigenvalue weighted by molar-refractivity contribution is 0.0939. The van der Waals surface area contributed by atoms with Crippen LogP contribution in [0, 0.1) is 0 Å². The first kappa shape index (κ1) is 19.1. The number of rotatable bonds is 3. The molecule has 0 saturated heterocycles. The van der Waals surface area contributed by atoms with E-state index in [1.165, 1.54) is 47.8 Å². The molecule has 1 unspecified atom stereocenters. The Morgan fingerprint density at radius 2 is 1.79 bits per heavy atom. The summed E-state index contributed by atoms with van der Waals surface area (Å²) >= 11 is 0. The fourth-order valence-electron chi connectivity index (χ4n) is 3.98. The number of hydrogen-bond acceptors (Lipinski definition) is 4. The lowest BCUT2D eigenvalue weighted by Gasteiger charge is -2.20. The summed E-state index contributed by atoms with van der Waals surface area (Å²) in [6.45, 7) is 1.94. The second kappa shape index (κ2) is 7.31. The number of aryl methyl sites for hydroxylation is 3. The van der Waals surface area contributed by atoms with E-state index in [2.05, 4.69) is 28.5 Å². The van der Waals surface area contributed by atoms with Crippen molar-refractivity contribution in [3.05, 3.63) is 73.6 Å². The van der Waals surface area contributed by atoms with Gasteiger partial charge in [0.2, 0.25) is 0 Å². The Balaban J connectivity index is 1.62. The number of amides is 1. The van der Waals surface area contributed by atoms with E-state index in [-0.39, 0.29) is 28.5 Å². The summed E-state index contributed by atoms with van der Waals surface area (Å²) in [7, 11) is 2.96. The molecular formula is C22H24N4O3. The van der Waals surface area contributed by atoms with Gasteiger partial charge in [0.25, 0.3) is 11.5 Å². The molecule has 29 heavy (non-hydrogen) atoms. The molecule has 1 amide bonds. The van der Waals surface area contributed by atoms with Crippen LogP contribution in [0.2, 0.25) is 0 Å². The quantitative estimate of drug-likeness (QED) is 0.739. The minimum Gasteiger partial charge on any atom is -0.345 e. The predicted molar refractivity (Wildman–Crippen MR) is 111 cm³/mol. The lowest BCUT2D eigenvalue weighted by Crippen LogP contribution is -2.37. The molecule has 7 heteroatoms. The molecule has 1 atom stereocenters. The number of aromatic nitrogens is 3. The van der Waals surface area contributed by atoms with Crippen molar-refractivity contribution >= 4 is 16.9 Å². The van der Waals surface area contributed by atoms with Gasteiger partial charge in [-0.15, -0.1) is 0 Å². The van der Waals surface area contributed by atoms with Gasteiger partial charge in [0.05, 0.1) is 17.0 Å². The van der Waals surface area contributed by atoms with Gasteiger partial charge in [-0.3, -0.25) is 18.7 Å². The van der Waals surface area contributed by atoms with Crippen LogP contribution in [0.25, 0.3) is 11.0 Å². The zero-order valence-electron chi connectivity index (χ0n) is 16.9. The molecule has 1 aromatic carbocycles. The van der Waals surface area contributed by atoms with Crippen LogP contribution in [-0.2, 0) is 26.9 Å². The summed E-state index contributed by atoms with van der Waals surface area (Å²) in [5.74, 6) is -0.305. The molecule has 1 aliphatic rings. The number of carbonyl (C=O) groups is 1. The lowest BCUT2D eigenvalue weighted by atomic mass is 9.89. The average Bonchev–Trinajstić information content (AvgIpc) is 2.75. The Kier molecular flexibility index (Phi) is 4.82. The molecule has 0 bridgehead atoms. The maximum atomic E-state index is 12.8. The Morgan fingerprint density at radius 3 is 2.55 bits per heavy atom. The molecule has 1 N–H and O–H groups in total. The molecule has 0 radical (unpaired) electrons. The molecule has 3 aromatic rings. The van der Waals surface area contributed by atoms with E-state index in [9.17, 15) is 14.4 Å². The van der Waals surface area contributed by atoms with Crippen molar-refractivity contribution < 1.29 is 4.79 Å². The fraction of sp³-hybridized carbons (Fsp3) is 0.364. The standard InChI is InChI=1S/C22H24N4O3/c1-13(15-9-8-14-6-4-5-7-16(14)10-15)24-20(27)17-11-18-19(23-12-17)25(2)22(29)26(3)21(18)28/h8-13H,4-7H2,1-3H3,(H,24,27). The van der Waals surface area contributed by atoms with E-state index < -0.39 is 11.2 Å². The number of fused-ring (bicyclic) bond motifs is 2. The van der Waals surface area contributed by atoms with Gasteiger partial charge >= 0.3 is 5.69 Å². The number of hydrogen-bond donors (Lipinski definition) is 1. The largest absolute Gasteiger partial charge is 0.345 e. The summed E-state index contributed by atoms with van der Waals surface area (Å²) in [5, 5.41) is 3.23. The van der Waals surface area contributed by atoms with E-state index in [0.29, 0.717) is 0 Å². The van der Waals surface area contributed by atoms with Crippen LogP contribution in [0.5, 0.6) is 0 Å². The van der Waals surface area contributed by atoms with Gasteiger partial charge in [0, 0.05) is 20.3 Å². The van der Waals surface area contributed by atoms with Crippen molar-refractivity contribution in [3.8, 4) is 0 Å². The predicted octanol–water partition coefficient (Wildman–Crippen LogP) is 2.00. The molecule has 4 rings (SSSR count). The first-order valence-corrected chi connectivity index (χ1v) is 9.85. The number of nitrogens with zero attached hydrogens (tertiary/aromatic N) is 3. The normalized spacial score (nSPS) is 14.4. The van der Waals surface area contributed by atoms with Crippen LogP contribution in [0.3, 0.4) is 0 Å². The number of benzene rings is 1. The third kappa shape index (κ3) is 3.37. The van der Waals surface area contributed by atoms with Crippen LogP contribution in [0.15, 0.2) is 40.1 Å². The Hall–Kier alpha value is -3.22. The minimum atomic E-state index is -0.465. The molecule has 7 nitrogen and oxygen atoms in total. The summed E-state index contributed by atoms with van der Waals surface area (Å²) in [5.41, 5.74) is 3.47. The van der Waals surface area contributed by atoms with E-state index >= 15 is 0 Å². The van der Waals surface area contributed by atoms with E-state index in [4.69, 9.17) is 0 Å². The average molecular weight is 392 g/mol. The van der Waals surface area contributed by atoms with Gasteiger partial charge < -0.3 is 5.32 Å². The highest BCUT2D eigenvalue weighted by molar-refractivity contribution is 5.96. The maximum absolute atomic E-state index is 12.8. The first-order valence-electron chi connectivity index (χ1n) is 9.85.